The van der Waals surface area contributed by atoms with Crippen LogP contribution in [0.3, 0.4) is 0 Å². The van der Waals surface area contributed by atoms with Crippen LogP contribution in [0.5, 0.6) is 6.01 Å². The lowest BCUT2D eigenvalue weighted by molar-refractivity contribution is -0.121. The zero-order chi connectivity index (χ0) is 9.19. The van der Waals surface area contributed by atoms with Gasteiger partial charge in [0, 0.05) is 5.41 Å². The molecular weight excluding hydrogens is 158 g/mol. The third-order valence-electron chi connectivity index (χ3n) is 1.34. The standard InChI is InChI=1S/C7H11N3O2/c1-7(2,3)5-8-6(10-9-5)12-4-11/h4H,1-3H3,(H,8,9,10). The molecule has 5 nitrogen and oxygen atoms in total. The molecule has 0 saturated heterocycles. The molecule has 0 fully saturated rings. The quantitative estimate of drug-likeness (QED) is 0.659. The number of hydrogen-bond donors (Lipinski definition) is 1. The maximum atomic E-state index is 9.92. The van der Waals surface area contributed by atoms with Crippen LogP contribution in [0, 0.1) is 0 Å². The Balaban J connectivity index is 2.84. The largest absolute Gasteiger partial charge is 0.393 e. The molecule has 0 aliphatic rings. The molecule has 1 aromatic heterocycles. The van der Waals surface area contributed by atoms with Gasteiger partial charge in [0.1, 0.15) is 5.82 Å². The number of aromatic nitrogens is 3. The third kappa shape index (κ3) is 1.81. The van der Waals surface area contributed by atoms with Gasteiger partial charge >= 0.3 is 12.5 Å². The molecule has 1 heterocycles. The van der Waals surface area contributed by atoms with E-state index in [1.165, 1.54) is 0 Å². The van der Waals surface area contributed by atoms with Gasteiger partial charge in [-0.15, -0.1) is 5.10 Å². The van der Waals surface area contributed by atoms with E-state index in [1.807, 2.05) is 20.8 Å². The monoisotopic (exact) mass is 169 g/mol. The van der Waals surface area contributed by atoms with E-state index in [0.29, 0.717) is 12.3 Å². The van der Waals surface area contributed by atoms with Gasteiger partial charge in [0.05, 0.1) is 0 Å². The molecule has 5 heteroatoms. The topological polar surface area (TPSA) is 67.9 Å². The second kappa shape index (κ2) is 2.92. The number of rotatable bonds is 2. The molecule has 1 rings (SSSR count). The van der Waals surface area contributed by atoms with E-state index >= 15 is 0 Å². The normalized spacial score (nSPS) is 11.2. The first-order chi connectivity index (χ1) is 5.54. The Morgan fingerprint density at radius 3 is 2.50 bits per heavy atom. The predicted octanol–water partition coefficient (Wildman–Crippen LogP) is 0.637. The van der Waals surface area contributed by atoms with Crippen molar-refractivity contribution in [1.82, 2.24) is 15.2 Å². The van der Waals surface area contributed by atoms with Crippen LogP contribution in [0.25, 0.3) is 0 Å². The van der Waals surface area contributed by atoms with Crippen LogP contribution >= 0.6 is 0 Å². The van der Waals surface area contributed by atoms with E-state index in [4.69, 9.17) is 0 Å². The number of H-pyrrole nitrogens is 1. The first kappa shape index (κ1) is 8.70. The molecule has 66 valence electrons. The van der Waals surface area contributed by atoms with Gasteiger partial charge in [0.15, 0.2) is 0 Å². The lowest BCUT2D eigenvalue weighted by Crippen LogP contribution is -2.13. The zero-order valence-electron chi connectivity index (χ0n) is 7.29. The first-order valence-electron chi connectivity index (χ1n) is 3.57. The van der Waals surface area contributed by atoms with Crippen molar-refractivity contribution in [2.75, 3.05) is 0 Å². The van der Waals surface area contributed by atoms with Crippen molar-refractivity contribution in [2.24, 2.45) is 0 Å². The Bertz CT molecular complexity index is 274. The Labute approximate surface area is 70.1 Å². The van der Waals surface area contributed by atoms with Crippen molar-refractivity contribution in [3.05, 3.63) is 5.82 Å². The van der Waals surface area contributed by atoms with Gasteiger partial charge in [-0.25, -0.2) is 0 Å². The minimum absolute atomic E-state index is 0.114. The van der Waals surface area contributed by atoms with Crippen LogP contribution in [0.15, 0.2) is 0 Å². The lowest BCUT2D eigenvalue weighted by atomic mass is 9.96. The number of nitrogens with zero attached hydrogens (tertiary/aromatic N) is 2. The highest BCUT2D eigenvalue weighted by Gasteiger charge is 2.18. The third-order valence-corrected chi connectivity index (χ3v) is 1.34. The number of hydrogen-bond acceptors (Lipinski definition) is 4. The molecule has 0 amide bonds. The number of aromatic amines is 1. The van der Waals surface area contributed by atoms with Crippen LogP contribution < -0.4 is 4.74 Å². The van der Waals surface area contributed by atoms with E-state index < -0.39 is 0 Å². The molecule has 1 aromatic rings. The number of ether oxygens (including phenoxy) is 1. The minimum Gasteiger partial charge on any atom is -0.393 e. The van der Waals surface area contributed by atoms with Gasteiger partial charge < -0.3 is 4.74 Å². The fraction of sp³-hybridized carbons (Fsp3) is 0.571. The second-order valence-corrected chi connectivity index (χ2v) is 3.44. The molecule has 0 bridgehead atoms. The van der Waals surface area contributed by atoms with Crippen molar-refractivity contribution in [3.8, 4) is 6.01 Å². The summed E-state index contributed by atoms with van der Waals surface area (Å²) in [6.07, 6.45) is 0. The summed E-state index contributed by atoms with van der Waals surface area (Å²) in [5.41, 5.74) is -0.114. The van der Waals surface area contributed by atoms with Gasteiger partial charge in [-0.1, -0.05) is 25.9 Å². The van der Waals surface area contributed by atoms with Crippen LogP contribution in [0.4, 0.5) is 0 Å². The lowest BCUT2D eigenvalue weighted by Gasteiger charge is -2.12. The molecular formula is C7H11N3O2. The average molecular weight is 169 g/mol. The number of nitrogens with one attached hydrogen (secondary N) is 1. The van der Waals surface area contributed by atoms with Crippen molar-refractivity contribution in [3.63, 3.8) is 0 Å². The summed E-state index contributed by atoms with van der Waals surface area (Å²) in [4.78, 5) is 12.7. The molecule has 0 unspecified atom stereocenters. The fourth-order valence-corrected chi connectivity index (χ4v) is 0.683. The predicted molar refractivity (Wildman–Crippen MR) is 41.8 cm³/mol. The summed E-state index contributed by atoms with van der Waals surface area (Å²) in [5.74, 6) is 0.694. The Morgan fingerprint density at radius 1 is 1.42 bits per heavy atom. The van der Waals surface area contributed by atoms with E-state index in [-0.39, 0.29) is 11.4 Å². The molecule has 0 aliphatic carbocycles. The minimum atomic E-state index is -0.114. The zero-order valence-corrected chi connectivity index (χ0v) is 7.29. The highest BCUT2D eigenvalue weighted by molar-refractivity contribution is 5.41. The van der Waals surface area contributed by atoms with E-state index in [2.05, 4.69) is 19.9 Å². The van der Waals surface area contributed by atoms with Crippen LogP contribution in [0.1, 0.15) is 26.6 Å². The molecule has 1 N–H and O–H groups in total. The highest BCUT2D eigenvalue weighted by atomic mass is 16.5. The van der Waals surface area contributed by atoms with E-state index in [9.17, 15) is 4.79 Å². The first-order valence-corrected chi connectivity index (χ1v) is 3.57. The van der Waals surface area contributed by atoms with Gasteiger partial charge in [0.25, 0.3) is 0 Å². The molecule has 0 saturated carbocycles. The molecule has 0 aromatic carbocycles. The van der Waals surface area contributed by atoms with Crippen molar-refractivity contribution >= 4 is 6.47 Å². The maximum Gasteiger partial charge on any atom is 0.321 e. The van der Waals surface area contributed by atoms with Crippen LogP contribution in [-0.2, 0) is 10.2 Å². The molecule has 0 spiro atoms. The van der Waals surface area contributed by atoms with E-state index in [1.54, 1.807) is 0 Å². The molecule has 0 radical (unpaired) electrons. The van der Waals surface area contributed by atoms with Crippen molar-refractivity contribution in [1.29, 1.82) is 0 Å². The summed E-state index contributed by atoms with van der Waals surface area (Å²) in [6.45, 7) is 6.27. The van der Waals surface area contributed by atoms with Gasteiger partial charge in [-0.3, -0.25) is 9.78 Å². The van der Waals surface area contributed by atoms with Gasteiger partial charge in [-0.2, -0.15) is 0 Å². The summed E-state index contributed by atoms with van der Waals surface area (Å²) in [5, 5.41) is 7.43. The van der Waals surface area contributed by atoms with Crippen molar-refractivity contribution < 1.29 is 9.53 Å². The summed E-state index contributed by atoms with van der Waals surface area (Å²) in [6, 6.07) is 0.134. The SMILES string of the molecule is CC(C)(C)c1nnc(OC=O)[nH]1. The van der Waals surface area contributed by atoms with Gasteiger partial charge in [0.2, 0.25) is 0 Å². The fourth-order valence-electron chi connectivity index (χ4n) is 0.683. The Kier molecular flexibility index (Phi) is 2.12. The highest BCUT2D eigenvalue weighted by Crippen LogP contribution is 2.18. The van der Waals surface area contributed by atoms with Gasteiger partial charge in [-0.05, 0) is 0 Å². The maximum absolute atomic E-state index is 9.92. The number of carbonyl (C=O) groups is 1. The Hall–Kier alpha value is -1.39. The molecule has 12 heavy (non-hydrogen) atoms. The Morgan fingerprint density at radius 2 is 2.08 bits per heavy atom. The molecule has 0 atom stereocenters. The van der Waals surface area contributed by atoms with Crippen LogP contribution in [-0.4, -0.2) is 21.7 Å². The smallest absolute Gasteiger partial charge is 0.321 e. The number of carbonyl (C=O) groups excluding carboxylic acids is 1. The van der Waals surface area contributed by atoms with Crippen molar-refractivity contribution in [2.45, 2.75) is 26.2 Å². The van der Waals surface area contributed by atoms with E-state index in [0.717, 1.165) is 0 Å². The second-order valence-electron chi connectivity index (χ2n) is 3.44. The average Bonchev–Trinajstić information content (AvgIpc) is 2.35. The van der Waals surface area contributed by atoms with Crippen LogP contribution in [0.2, 0.25) is 0 Å². The summed E-state index contributed by atoms with van der Waals surface area (Å²) < 4.78 is 4.47. The summed E-state index contributed by atoms with van der Waals surface area (Å²) >= 11 is 0. The molecule has 0 aliphatic heterocycles. The summed E-state index contributed by atoms with van der Waals surface area (Å²) in [7, 11) is 0.